The van der Waals surface area contributed by atoms with Gasteiger partial charge in [-0.3, -0.25) is 0 Å². The summed E-state index contributed by atoms with van der Waals surface area (Å²) < 4.78 is 5.50. The van der Waals surface area contributed by atoms with E-state index in [-0.39, 0.29) is 17.0 Å². The minimum atomic E-state index is -1.01. The molecule has 0 amide bonds. The van der Waals surface area contributed by atoms with Crippen molar-refractivity contribution in [1.82, 2.24) is 15.1 Å². The van der Waals surface area contributed by atoms with E-state index in [4.69, 9.17) is 15.4 Å². The molecule has 1 aliphatic carbocycles. The van der Waals surface area contributed by atoms with E-state index in [1.807, 2.05) is 0 Å². The number of carbonyl (C=O) groups is 1. The zero-order valence-corrected chi connectivity index (χ0v) is 13.9. The maximum absolute atomic E-state index is 10.9. The molecule has 3 heterocycles. The van der Waals surface area contributed by atoms with Gasteiger partial charge in [0.2, 0.25) is 5.89 Å². The van der Waals surface area contributed by atoms with Crippen LogP contribution in [-0.2, 0) is 5.41 Å². The first-order valence-corrected chi connectivity index (χ1v) is 8.60. The Morgan fingerprint density at radius 2 is 2.12 bits per heavy atom. The van der Waals surface area contributed by atoms with Gasteiger partial charge in [-0.25, -0.2) is 9.78 Å². The molecule has 0 aromatic carbocycles. The molecule has 0 unspecified atom stereocenters. The van der Waals surface area contributed by atoms with E-state index < -0.39 is 5.97 Å². The van der Waals surface area contributed by atoms with Crippen LogP contribution < -0.4 is 10.6 Å². The van der Waals surface area contributed by atoms with Crippen LogP contribution >= 0.6 is 0 Å². The van der Waals surface area contributed by atoms with E-state index in [0.29, 0.717) is 12.4 Å². The van der Waals surface area contributed by atoms with E-state index in [2.05, 4.69) is 20.0 Å². The van der Waals surface area contributed by atoms with E-state index >= 15 is 0 Å². The summed E-state index contributed by atoms with van der Waals surface area (Å²) in [4.78, 5) is 21.7. The van der Waals surface area contributed by atoms with Gasteiger partial charge < -0.3 is 20.3 Å². The summed E-state index contributed by atoms with van der Waals surface area (Å²) in [5.74, 6) is 0.732. The molecule has 2 fully saturated rings. The third kappa shape index (κ3) is 2.97. The van der Waals surface area contributed by atoms with Gasteiger partial charge in [-0.2, -0.15) is 4.98 Å². The van der Waals surface area contributed by atoms with Crippen molar-refractivity contribution >= 4 is 11.7 Å². The van der Waals surface area contributed by atoms with Crippen LogP contribution in [0.15, 0.2) is 22.9 Å². The molecular weight excluding hydrogens is 322 g/mol. The third-order valence-electron chi connectivity index (χ3n) is 5.34. The first kappa shape index (κ1) is 16.0. The number of rotatable bonds is 5. The Morgan fingerprint density at radius 3 is 2.68 bits per heavy atom. The zero-order chi connectivity index (χ0) is 17.4. The molecule has 2 aromatic rings. The molecule has 0 atom stereocenters. The Hall–Kier alpha value is -2.48. The monoisotopic (exact) mass is 343 g/mol. The SMILES string of the molecule is NCC1(c2noc(C3CCN(c4ccc(C(=O)O)nc4)CC3)n2)CC1. The van der Waals surface area contributed by atoms with Crippen LogP contribution in [0.5, 0.6) is 0 Å². The van der Waals surface area contributed by atoms with Crippen LogP contribution in [0.1, 0.15) is 53.8 Å². The summed E-state index contributed by atoms with van der Waals surface area (Å²) >= 11 is 0. The van der Waals surface area contributed by atoms with Gasteiger partial charge in [0.05, 0.1) is 11.9 Å². The van der Waals surface area contributed by atoms with Crippen LogP contribution in [0.2, 0.25) is 0 Å². The largest absolute Gasteiger partial charge is 0.477 e. The maximum atomic E-state index is 10.9. The lowest BCUT2D eigenvalue weighted by Gasteiger charge is -2.31. The average Bonchev–Trinajstić information content (AvgIpc) is 3.30. The maximum Gasteiger partial charge on any atom is 0.354 e. The summed E-state index contributed by atoms with van der Waals surface area (Å²) in [6, 6.07) is 3.34. The predicted octanol–water partition coefficient (Wildman–Crippen LogP) is 1.54. The van der Waals surface area contributed by atoms with Crippen molar-refractivity contribution in [3.8, 4) is 0 Å². The number of hydrogen-bond donors (Lipinski definition) is 2. The molecule has 25 heavy (non-hydrogen) atoms. The normalized spacial score (nSPS) is 19.8. The molecular formula is C17H21N5O3. The number of piperidine rings is 1. The van der Waals surface area contributed by atoms with Gasteiger partial charge in [-0.05, 0) is 37.8 Å². The number of pyridine rings is 1. The molecule has 4 rings (SSSR count). The number of carboxylic acid groups (broad SMARTS) is 1. The highest BCUT2D eigenvalue weighted by molar-refractivity contribution is 5.85. The van der Waals surface area contributed by atoms with Gasteiger partial charge in [0.25, 0.3) is 0 Å². The summed E-state index contributed by atoms with van der Waals surface area (Å²) in [6.07, 6.45) is 5.53. The molecule has 1 aliphatic heterocycles. The number of anilines is 1. The highest BCUT2D eigenvalue weighted by Crippen LogP contribution is 2.46. The number of carboxylic acids is 1. The minimum Gasteiger partial charge on any atom is -0.477 e. The molecule has 2 aliphatic rings. The van der Waals surface area contributed by atoms with Crippen molar-refractivity contribution in [2.75, 3.05) is 24.5 Å². The fourth-order valence-electron chi connectivity index (χ4n) is 3.37. The van der Waals surface area contributed by atoms with Crippen molar-refractivity contribution in [3.63, 3.8) is 0 Å². The first-order chi connectivity index (χ1) is 12.1. The number of nitrogens with zero attached hydrogens (tertiary/aromatic N) is 4. The van der Waals surface area contributed by atoms with E-state index in [1.54, 1.807) is 12.3 Å². The fraction of sp³-hybridized carbons (Fsp3) is 0.529. The second-order valence-corrected chi connectivity index (χ2v) is 6.91. The molecule has 8 nitrogen and oxygen atoms in total. The van der Waals surface area contributed by atoms with Crippen LogP contribution in [0, 0.1) is 0 Å². The third-order valence-corrected chi connectivity index (χ3v) is 5.34. The zero-order valence-electron chi connectivity index (χ0n) is 13.9. The van der Waals surface area contributed by atoms with Crippen molar-refractivity contribution in [3.05, 3.63) is 35.7 Å². The number of hydrogen-bond acceptors (Lipinski definition) is 7. The predicted molar refractivity (Wildman–Crippen MR) is 89.6 cm³/mol. The van der Waals surface area contributed by atoms with Crippen LogP contribution in [-0.4, -0.2) is 45.8 Å². The number of aromatic nitrogens is 3. The Kier molecular flexibility index (Phi) is 3.91. The van der Waals surface area contributed by atoms with Crippen molar-refractivity contribution in [1.29, 1.82) is 0 Å². The van der Waals surface area contributed by atoms with Crippen molar-refractivity contribution in [2.24, 2.45) is 5.73 Å². The lowest BCUT2D eigenvalue weighted by Crippen LogP contribution is -2.33. The van der Waals surface area contributed by atoms with Crippen LogP contribution in [0.3, 0.4) is 0 Å². The standard InChI is InChI=1S/C17H21N5O3/c18-10-17(5-6-17)16-20-14(25-21-16)11-3-7-22(8-4-11)12-1-2-13(15(23)24)19-9-12/h1-2,9,11H,3-8,10,18H2,(H,23,24). The molecule has 0 radical (unpaired) electrons. The average molecular weight is 343 g/mol. The molecule has 1 saturated carbocycles. The Morgan fingerprint density at radius 1 is 1.36 bits per heavy atom. The highest BCUT2D eigenvalue weighted by Gasteiger charge is 2.47. The van der Waals surface area contributed by atoms with Crippen molar-refractivity contribution in [2.45, 2.75) is 37.0 Å². The summed E-state index contributed by atoms with van der Waals surface area (Å²) in [7, 11) is 0. The van der Waals surface area contributed by atoms with E-state index in [1.165, 1.54) is 6.07 Å². The van der Waals surface area contributed by atoms with E-state index in [9.17, 15) is 4.79 Å². The van der Waals surface area contributed by atoms with Gasteiger partial charge in [0, 0.05) is 31.0 Å². The summed E-state index contributed by atoms with van der Waals surface area (Å²) in [6.45, 7) is 2.26. The van der Waals surface area contributed by atoms with Gasteiger partial charge in [0.1, 0.15) is 5.69 Å². The Bertz CT molecular complexity index is 761. The second-order valence-electron chi connectivity index (χ2n) is 6.91. The van der Waals surface area contributed by atoms with E-state index in [0.717, 1.165) is 50.3 Å². The molecule has 8 heteroatoms. The Labute approximate surface area is 145 Å². The molecule has 3 N–H and O–H groups in total. The summed E-state index contributed by atoms with van der Waals surface area (Å²) in [5.41, 5.74) is 6.79. The molecule has 0 spiro atoms. The van der Waals surface area contributed by atoms with Gasteiger partial charge in [-0.1, -0.05) is 5.16 Å². The fourth-order valence-corrected chi connectivity index (χ4v) is 3.37. The smallest absolute Gasteiger partial charge is 0.354 e. The van der Waals surface area contributed by atoms with Crippen LogP contribution in [0.25, 0.3) is 0 Å². The summed E-state index contributed by atoms with van der Waals surface area (Å²) in [5, 5.41) is 13.1. The molecule has 0 bridgehead atoms. The first-order valence-electron chi connectivity index (χ1n) is 8.60. The number of nitrogens with two attached hydrogens (primary N) is 1. The van der Waals surface area contributed by atoms with Crippen LogP contribution in [0.4, 0.5) is 5.69 Å². The van der Waals surface area contributed by atoms with Gasteiger partial charge >= 0.3 is 5.97 Å². The molecule has 1 saturated heterocycles. The quantitative estimate of drug-likeness (QED) is 0.839. The second kappa shape index (κ2) is 6.11. The topological polar surface area (TPSA) is 118 Å². The Balaban J connectivity index is 1.39. The lowest BCUT2D eigenvalue weighted by atomic mass is 9.96. The highest BCUT2D eigenvalue weighted by atomic mass is 16.5. The molecule has 2 aromatic heterocycles. The van der Waals surface area contributed by atoms with Crippen molar-refractivity contribution < 1.29 is 14.4 Å². The number of aromatic carboxylic acids is 1. The van der Waals surface area contributed by atoms with Gasteiger partial charge in [-0.15, -0.1) is 0 Å². The molecule has 132 valence electrons. The lowest BCUT2D eigenvalue weighted by molar-refractivity contribution is 0.0690. The van der Waals surface area contributed by atoms with Gasteiger partial charge in [0.15, 0.2) is 5.82 Å². The minimum absolute atomic E-state index is 0.0417.